The van der Waals surface area contributed by atoms with Gasteiger partial charge in [-0.3, -0.25) is 19.3 Å². The minimum atomic E-state index is -0.535. The number of ether oxygens (including phenoxy) is 2. The normalized spacial score (nSPS) is 12.6. The van der Waals surface area contributed by atoms with E-state index < -0.39 is 17.1 Å². The SMILES string of the molecule is COc1ccc(/C=C(/NC(=O)c2ccccc2)C(=O)Nc2cccc(SC(C)C(=O)N3c4ccccc4Sc4ccccc43)c2)c(OC)c1. The molecule has 49 heavy (non-hydrogen) atoms. The van der Waals surface area contributed by atoms with Gasteiger partial charge < -0.3 is 20.1 Å². The second-order valence-corrected chi connectivity index (χ2v) is 13.4. The van der Waals surface area contributed by atoms with Crippen molar-refractivity contribution in [3.8, 4) is 11.5 Å². The average Bonchev–Trinajstić information content (AvgIpc) is 3.13. The number of rotatable bonds is 10. The lowest BCUT2D eigenvalue weighted by Crippen LogP contribution is -2.34. The predicted octanol–water partition coefficient (Wildman–Crippen LogP) is 8.42. The number of hydrogen-bond acceptors (Lipinski definition) is 7. The maximum Gasteiger partial charge on any atom is 0.272 e. The molecule has 0 radical (unpaired) electrons. The quantitative estimate of drug-likeness (QED) is 0.112. The molecule has 1 unspecified atom stereocenters. The zero-order valence-electron chi connectivity index (χ0n) is 27.0. The summed E-state index contributed by atoms with van der Waals surface area (Å²) in [4.78, 5) is 45.6. The van der Waals surface area contributed by atoms with Crippen molar-refractivity contribution in [2.75, 3.05) is 24.4 Å². The van der Waals surface area contributed by atoms with Crippen LogP contribution in [0.5, 0.6) is 11.5 Å². The fourth-order valence-corrected chi connectivity index (χ4v) is 7.28. The highest BCUT2D eigenvalue weighted by Gasteiger charge is 2.31. The summed E-state index contributed by atoms with van der Waals surface area (Å²) in [5, 5.41) is 5.23. The number of thioether (sulfide) groups is 1. The molecule has 246 valence electrons. The van der Waals surface area contributed by atoms with Crippen LogP contribution < -0.4 is 25.0 Å². The van der Waals surface area contributed by atoms with E-state index in [1.807, 2.05) is 79.7 Å². The van der Waals surface area contributed by atoms with E-state index in [2.05, 4.69) is 10.6 Å². The first-order valence-corrected chi connectivity index (χ1v) is 17.1. The smallest absolute Gasteiger partial charge is 0.272 e. The number of fused-ring (bicyclic) bond motifs is 2. The van der Waals surface area contributed by atoms with Gasteiger partial charge in [0.2, 0.25) is 5.91 Å². The van der Waals surface area contributed by atoms with Gasteiger partial charge in [0.05, 0.1) is 30.8 Å². The van der Waals surface area contributed by atoms with Crippen molar-refractivity contribution in [2.24, 2.45) is 0 Å². The maximum absolute atomic E-state index is 14.0. The molecule has 0 aromatic heterocycles. The van der Waals surface area contributed by atoms with E-state index in [0.717, 1.165) is 26.1 Å². The summed E-state index contributed by atoms with van der Waals surface area (Å²) in [5.74, 6) is 0.0240. The molecule has 1 atom stereocenters. The van der Waals surface area contributed by atoms with Gasteiger partial charge >= 0.3 is 0 Å². The maximum atomic E-state index is 14.0. The van der Waals surface area contributed by atoms with Crippen molar-refractivity contribution in [2.45, 2.75) is 26.9 Å². The molecule has 0 saturated heterocycles. The van der Waals surface area contributed by atoms with Crippen LogP contribution in [-0.2, 0) is 9.59 Å². The summed E-state index contributed by atoms with van der Waals surface area (Å²) >= 11 is 3.05. The molecule has 0 aliphatic carbocycles. The van der Waals surface area contributed by atoms with Crippen molar-refractivity contribution < 1.29 is 23.9 Å². The summed E-state index contributed by atoms with van der Waals surface area (Å²) < 4.78 is 10.8. The summed E-state index contributed by atoms with van der Waals surface area (Å²) in [5.41, 5.74) is 3.20. The predicted molar refractivity (Wildman–Crippen MR) is 196 cm³/mol. The number of benzene rings is 5. The van der Waals surface area contributed by atoms with Crippen LogP contribution in [0, 0.1) is 0 Å². The first-order chi connectivity index (χ1) is 23.8. The Balaban J connectivity index is 1.23. The van der Waals surface area contributed by atoms with Crippen molar-refractivity contribution in [1.82, 2.24) is 5.32 Å². The van der Waals surface area contributed by atoms with Gasteiger partial charge in [0.25, 0.3) is 11.8 Å². The second kappa shape index (κ2) is 15.2. The number of carbonyl (C=O) groups excluding carboxylic acids is 3. The number of anilines is 3. The minimum absolute atomic E-state index is 0.0132. The molecular formula is C39H33N3O5S2. The molecule has 3 amide bonds. The number of amides is 3. The van der Waals surface area contributed by atoms with Gasteiger partial charge in [0, 0.05) is 37.6 Å². The Labute approximate surface area is 293 Å². The van der Waals surface area contributed by atoms with Crippen LogP contribution in [0.4, 0.5) is 17.1 Å². The third kappa shape index (κ3) is 7.66. The summed E-state index contributed by atoms with van der Waals surface area (Å²) in [7, 11) is 3.07. The van der Waals surface area contributed by atoms with Crippen molar-refractivity contribution in [1.29, 1.82) is 0 Å². The van der Waals surface area contributed by atoms with Crippen molar-refractivity contribution in [3.05, 3.63) is 138 Å². The molecule has 0 saturated carbocycles. The molecule has 0 bridgehead atoms. The number of nitrogens with zero attached hydrogens (tertiary/aromatic N) is 1. The Morgan fingerprint density at radius 1 is 0.776 bits per heavy atom. The standard InChI is InChI=1S/C39H33N3O5S2/c1-25(39(45)42-32-16-7-9-18-35(32)49-36-19-10-8-17-33(36)42)48-30-15-11-14-28(23-30)40-38(44)31(41-37(43)26-12-5-4-6-13-26)22-27-20-21-29(46-2)24-34(27)47-3/h4-25H,1-3H3,(H,40,44)(H,41,43)/b31-22+. The first-order valence-electron chi connectivity index (χ1n) is 15.4. The zero-order chi connectivity index (χ0) is 34.3. The first kappa shape index (κ1) is 33.5. The van der Waals surface area contributed by atoms with E-state index in [-0.39, 0.29) is 11.6 Å². The fourth-order valence-electron chi connectivity index (χ4n) is 5.26. The molecule has 8 nitrogen and oxygen atoms in total. The fraction of sp³-hybridized carbons (Fsp3) is 0.103. The van der Waals surface area contributed by atoms with Crippen LogP contribution in [0.15, 0.2) is 142 Å². The minimum Gasteiger partial charge on any atom is -0.497 e. The molecule has 5 aromatic carbocycles. The summed E-state index contributed by atoms with van der Waals surface area (Å²) in [6.07, 6.45) is 1.56. The number of hydrogen-bond donors (Lipinski definition) is 2. The Morgan fingerprint density at radius 3 is 2.12 bits per heavy atom. The van der Waals surface area contributed by atoms with Gasteiger partial charge in [-0.15, -0.1) is 11.8 Å². The Hall–Kier alpha value is -5.45. The topological polar surface area (TPSA) is 97.0 Å². The average molecular weight is 688 g/mol. The highest BCUT2D eigenvalue weighted by Crippen LogP contribution is 2.48. The molecule has 0 fully saturated rings. The molecule has 6 rings (SSSR count). The highest BCUT2D eigenvalue weighted by molar-refractivity contribution is 8.00. The van der Waals surface area contributed by atoms with E-state index in [9.17, 15) is 14.4 Å². The Morgan fingerprint density at radius 2 is 1.45 bits per heavy atom. The largest absolute Gasteiger partial charge is 0.497 e. The number of para-hydroxylation sites is 2. The monoisotopic (exact) mass is 687 g/mol. The second-order valence-electron chi connectivity index (χ2n) is 10.9. The lowest BCUT2D eigenvalue weighted by atomic mass is 10.1. The molecule has 1 aliphatic rings. The van der Waals surface area contributed by atoms with E-state index >= 15 is 0 Å². The lowest BCUT2D eigenvalue weighted by Gasteiger charge is -2.32. The van der Waals surface area contributed by atoms with Gasteiger partial charge in [-0.1, -0.05) is 60.3 Å². The van der Waals surface area contributed by atoms with Crippen LogP contribution in [0.3, 0.4) is 0 Å². The Kier molecular flexibility index (Phi) is 10.4. The van der Waals surface area contributed by atoms with Crippen LogP contribution in [-0.4, -0.2) is 37.2 Å². The van der Waals surface area contributed by atoms with Crippen LogP contribution in [0.25, 0.3) is 6.08 Å². The third-order valence-corrected chi connectivity index (χ3v) is 9.89. The highest BCUT2D eigenvalue weighted by atomic mass is 32.2. The number of nitrogens with one attached hydrogen (secondary N) is 2. The number of carbonyl (C=O) groups is 3. The Bertz CT molecular complexity index is 2000. The molecule has 10 heteroatoms. The van der Waals surface area contributed by atoms with Gasteiger partial charge in [-0.25, -0.2) is 0 Å². The molecular weight excluding hydrogens is 655 g/mol. The third-order valence-electron chi connectivity index (χ3n) is 7.67. The van der Waals surface area contributed by atoms with Crippen LogP contribution in [0.2, 0.25) is 0 Å². The van der Waals surface area contributed by atoms with Crippen molar-refractivity contribution >= 4 is 64.4 Å². The van der Waals surface area contributed by atoms with Gasteiger partial charge in [-0.05, 0) is 79.7 Å². The van der Waals surface area contributed by atoms with Crippen molar-refractivity contribution in [3.63, 3.8) is 0 Å². The van der Waals surface area contributed by atoms with Crippen LogP contribution in [0.1, 0.15) is 22.8 Å². The summed E-state index contributed by atoms with van der Waals surface area (Å²) in [6, 6.07) is 36.9. The van der Waals surface area contributed by atoms with Gasteiger partial charge in [0.1, 0.15) is 17.2 Å². The zero-order valence-corrected chi connectivity index (χ0v) is 28.6. The van der Waals surface area contributed by atoms with E-state index in [4.69, 9.17) is 9.47 Å². The molecule has 0 spiro atoms. The molecule has 5 aromatic rings. The summed E-state index contributed by atoms with van der Waals surface area (Å²) in [6.45, 7) is 1.88. The molecule has 1 aliphatic heterocycles. The van der Waals surface area contributed by atoms with E-state index in [1.165, 1.54) is 18.9 Å². The van der Waals surface area contributed by atoms with E-state index in [0.29, 0.717) is 28.3 Å². The van der Waals surface area contributed by atoms with E-state index in [1.54, 1.807) is 78.4 Å². The van der Waals surface area contributed by atoms with Crippen LogP contribution >= 0.6 is 23.5 Å². The van der Waals surface area contributed by atoms with Gasteiger partial charge in [0.15, 0.2) is 0 Å². The molecule has 1 heterocycles. The molecule has 2 N–H and O–H groups in total. The lowest BCUT2D eigenvalue weighted by molar-refractivity contribution is -0.117. The van der Waals surface area contributed by atoms with Gasteiger partial charge in [-0.2, -0.15) is 0 Å². The number of methoxy groups -OCH3 is 2.